The molecule has 0 unspecified atom stereocenters. The van der Waals surface area contributed by atoms with Crippen molar-refractivity contribution in [3.63, 3.8) is 0 Å². The summed E-state index contributed by atoms with van der Waals surface area (Å²) in [5, 5.41) is 0. The van der Waals surface area contributed by atoms with E-state index in [1.165, 1.54) is 0 Å². The van der Waals surface area contributed by atoms with Crippen LogP contribution in [0.5, 0.6) is 11.5 Å². The van der Waals surface area contributed by atoms with Crippen molar-refractivity contribution in [1.82, 2.24) is 10.9 Å². The van der Waals surface area contributed by atoms with Gasteiger partial charge < -0.3 is 9.47 Å². The van der Waals surface area contributed by atoms with Crippen molar-refractivity contribution >= 4 is 27.7 Å². The van der Waals surface area contributed by atoms with E-state index in [0.29, 0.717) is 23.7 Å². The lowest BCUT2D eigenvalue weighted by Gasteiger charge is -2.13. The second-order valence-electron chi connectivity index (χ2n) is 6.67. The van der Waals surface area contributed by atoms with Gasteiger partial charge in [-0.2, -0.15) is 0 Å². The van der Waals surface area contributed by atoms with Crippen LogP contribution in [0, 0.1) is 0 Å². The van der Waals surface area contributed by atoms with Gasteiger partial charge in [-0.1, -0.05) is 65.3 Å². The van der Waals surface area contributed by atoms with Crippen molar-refractivity contribution in [3.05, 3.63) is 82.8 Å². The van der Waals surface area contributed by atoms with Crippen LogP contribution in [0.25, 0.3) is 11.1 Å². The van der Waals surface area contributed by atoms with Crippen molar-refractivity contribution in [1.29, 1.82) is 0 Å². The van der Waals surface area contributed by atoms with E-state index < -0.39 is 11.8 Å². The summed E-state index contributed by atoms with van der Waals surface area (Å²) in [5.74, 6) is 0.0504. The largest absolute Gasteiger partial charge is 0.493 e. The fourth-order valence-electron chi connectivity index (χ4n) is 2.77. The highest BCUT2D eigenvalue weighted by Gasteiger charge is 2.14. The molecule has 0 saturated carbocycles. The molecule has 0 aromatic heterocycles. The molecule has 0 bridgehead atoms. The van der Waals surface area contributed by atoms with E-state index in [4.69, 9.17) is 9.47 Å². The maximum atomic E-state index is 12.5. The van der Waals surface area contributed by atoms with Gasteiger partial charge in [-0.25, -0.2) is 0 Å². The van der Waals surface area contributed by atoms with E-state index >= 15 is 0 Å². The summed E-state index contributed by atoms with van der Waals surface area (Å²) in [5.41, 5.74) is 7.22. The number of hydrogen-bond donors (Lipinski definition) is 2. The van der Waals surface area contributed by atoms with Crippen LogP contribution in [-0.2, 0) is 4.79 Å². The second-order valence-corrected chi connectivity index (χ2v) is 7.59. The number of ether oxygens (including phenoxy) is 2. The Morgan fingerprint density at radius 3 is 2.29 bits per heavy atom. The van der Waals surface area contributed by atoms with Crippen LogP contribution in [0.3, 0.4) is 0 Å². The molecule has 3 aromatic rings. The van der Waals surface area contributed by atoms with Crippen molar-refractivity contribution in [2.24, 2.45) is 0 Å². The SMILES string of the molecule is CCCOc1ccc(Br)cc1C(=O)NNC(=O)COc1ccc(-c2ccccc2)cc1. The van der Waals surface area contributed by atoms with Crippen LogP contribution in [0.4, 0.5) is 0 Å². The molecule has 3 aromatic carbocycles. The molecule has 0 aliphatic heterocycles. The maximum Gasteiger partial charge on any atom is 0.276 e. The first-order valence-electron chi connectivity index (χ1n) is 9.86. The molecule has 2 N–H and O–H groups in total. The Labute approximate surface area is 189 Å². The topological polar surface area (TPSA) is 76.7 Å². The minimum absolute atomic E-state index is 0.233. The molecule has 7 heteroatoms. The fraction of sp³-hybridized carbons (Fsp3) is 0.167. The Morgan fingerprint density at radius 2 is 1.58 bits per heavy atom. The third kappa shape index (κ3) is 6.58. The van der Waals surface area contributed by atoms with E-state index in [-0.39, 0.29) is 6.61 Å². The number of halogens is 1. The molecule has 160 valence electrons. The third-order valence-electron chi connectivity index (χ3n) is 4.29. The summed E-state index contributed by atoms with van der Waals surface area (Å²) in [6.45, 7) is 2.24. The molecule has 0 fully saturated rings. The maximum absolute atomic E-state index is 12.5. The van der Waals surface area contributed by atoms with Gasteiger partial charge in [0.1, 0.15) is 11.5 Å². The Kier molecular flexibility index (Phi) is 8.06. The predicted octanol–water partition coefficient (Wildman–Crippen LogP) is 4.74. The van der Waals surface area contributed by atoms with Crippen LogP contribution in [0.15, 0.2) is 77.3 Å². The summed E-state index contributed by atoms with van der Waals surface area (Å²) < 4.78 is 11.8. The summed E-state index contributed by atoms with van der Waals surface area (Å²) in [4.78, 5) is 24.5. The first kappa shape index (κ1) is 22.4. The van der Waals surface area contributed by atoms with Gasteiger partial charge in [0.25, 0.3) is 11.8 Å². The number of carbonyl (C=O) groups is 2. The number of hydrogen-bond acceptors (Lipinski definition) is 4. The molecule has 0 aliphatic rings. The fourth-order valence-corrected chi connectivity index (χ4v) is 3.13. The Balaban J connectivity index is 1.50. The molecule has 6 nitrogen and oxygen atoms in total. The highest BCUT2D eigenvalue weighted by atomic mass is 79.9. The molecule has 2 amide bonds. The van der Waals surface area contributed by atoms with Gasteiger partial charge in [0.15, 0.2) is 6.61 Å². The van der Waals surface area contributed by atoms with E-state index in [1.54, 1.807) is 30.3 Å². The lowest BCUT2D eigenvalue weighted by molar-refractivity contribution is -0.123. The van der Waals surface area contributed by atoms with Gasteiger partial charge in [-0.3, -0.25) is 20.4 Å². The first-order chi connectivity index (χ1) is 15.1. The van der Waals surface area contributed by atoms with Crippen molar-refractivity contribution in [3.8, 4) is 22.6 Å². The van der Waals surface area contributed by atoms with Crippen molar-refractivity contribution in [2.75, 3.05) is 13.2 Å². The molecule has 0 heterocycles. The van der Waals surface area contributed by atoms with Crippen molar-refractivity contribution < 1.29 is 19.1 Å². The summed E-state index contributed by atoms with van der Waals surface area (Å²) >= 11 is 3.34. The van der Waals surface area contributed by atoms with Gasteiger partial charge in [-0.15, -0.1) is 0 Å². The zero-order valence-corrected chi connectivity index (χ0v) is 18.6. The van der Waals surface area contributed by atoms with E-state index in [9.17, 15) is 9.59 Å². The molecule has 31 heavy (non-hydrogen) atoms. The summed E-state index contributed by atoms with van der Waals surface area (Å²) in [6.07, 6.45) is 0.817. The van der Waals surface area contributed by atoms with Crippen LogP contribution < -0.4 is 20.3 Å². The zero-order valence-electron chi connectivity index (χ0n) is 17.1. The lowest BCUT2D eigenvalue weighted by Crippen LogP contribution is -2.44. The third-order valence-corrected chi connectivity index (χ3v) is 4.79. The molecule has 0 aliphatic carbocycles. The van der Waals surface area contributed by atoms with Crippen LogP contribution in [0.1, 0.15) is 23.7 Å². The highest BCUT2D eigenvalue weighted by molar-refractivity contribution is 9.10. The minimum atomic E-state index is -0.480. The number of carbonyl (C=O) groups excluding carboxylic acids is 2. The molecule has 3 rings (SSSR count). The normalized spacial score (nSPS) is 10.3. The summed E-state index contributed by atoms with van der Waals surface area (Å²) in [6, 6.07) is 22.6. The smallest absolute Gasteiger partial charge is 0.276 e. The Bertz CT molecular complexity index is 1020. The van der Waals surface area contributed by atoms with Crippen LogP contribution >= 0.6 is 15.9 Å². The quantitative estimate of drug-likeness (QED) is 0.454. The number of amides is 2. The number of benzene rings is 3. The van der Waals surface area contributed by atoms with E-state index in [1.807, 2.05) is 49.4 Å². The minimum Gasteiger partial charge on any atom is -0.493 e. The van der Waals surface area contributed by atoms with Crippen molar-refractivity contribution in [2.45, 2.75) is 13.3 Å². The zero-order chi connectivity index (χ0) is 22.1. The van der Waals surface area contributed by atoms with E-state index in [0.717, 1.165) is 22.0 Å². The van der Waals surface area contributed by atoms with Crippen LogP contribution in [-0.4, -0.2) is 25.0 Å². The standard InChI is InChI=1S/C24H23BrN2O4/c1-2-14-30-22-13-10-19(25)15-21(22)24(29)27-26-23(28)16-31-20-11-8-18(9-12-20)17-6-4-3-5-7-17/h3-13,15H,2,14,16H2,1H3,(H,26,28)(H,27,29). The monoisotopic (exact) mass is 482 g/mol. The van der Waals surface area contributed by atoms with Gasteiger partial charge >= 0.3 is 0 Å². The van der Waals surface area contributed by atoms with E-state index in [2.05, 4.69) is 26.8 Å². The molecule has 0 saturated heterocycles. The average Bonchev–Trinajstić information content (AvgIpc) is 2.81. The molecule has 0 atom stereocenters. The average molecular weight is 483 g/mol. The predicted molar refractivity (Wildman–Crippen MR) is 123 cm³/mol. The lowest BCUT2D eigenvalue weighted by atomic mass is 10.1. The van der Waals surface area contributed by atoms with Gasteiger partial charge in [0, 0.05) is 4.47 Å². The number of rotatable bonds is 8. The number of nitrogens with one attached hydrogen (secondary N) is 2. The van der Waals surface area contributed by atoms with Gasteiger partial charge in [0.2, 0.25) is 0 Å². The highest BCUT2D eigenvalue weighted by Crippen LogP contribution is 2.24. The molecule has 0 radical (unpaired) electrons. The summed E-state index contributed by atoms with van der Waals surface area (Å²) in [7, 11) is 0. The molecule has 0 spiro atoms. The van der Waals surface area contributed by atoms with Gasteiger partial charge in [-0.05, 0) is 47.9 Å². The second kappa shape index (κ2) is 11.2. The Morgan fingerprint density at radius 1 is 0.871 bits per heavy atom. The van der Waals surface area contributed by atoms with Crippen LogP contribution in [0.2, 0.25) is 0 Å². The molecular formula is C24H23BrN2O4. The first-order valence-corrected chi connectivity index (χ1v) is 10.7. The molecular weight excluding hydrogens is 460 g/mol. The number of hydrazine groups is 1. The Hall–Kier alpha value is -3.32. The van der Waals surface area contributed by atoms with Gasteiger partial charge in [0.05, 0.1) is 12.2 Å².